The number of nitrogens with zero attached hydrogens (tertiary/aromatic N) is 2. The normalized spacial score (nSPS) is 10.7. The van der Waals surface area contributed by atoms with Crippen LogP contribution in [0.1, 0.15) is 24.6 Å². The molecule has 0 aliphatic rings. The lowest BCUT2D eigenvalue weighted by Crippen LogP contribution is -2.04. The summed E-state index contributed by atoms with van der Waals surface area (Å²) in [6.45, 7) is 6.85. The highest BCUT2D eigenvalue weighted by Crippen LogP contribution is 2.21. The number of aromatic nitrogens is 2. The second kappa shape index (κ2) is 5.21. The zero-order valence-corrected chi connectivity index (χ0v) is 11.0. The average molecular weight is 247 g/mol. The lowest BCUT2D eigenvalue weighted by atomic mass is 10.2. The van der Waals surface area contributed by atoms with E-state index in [1.165, 1.54) is 6.07 Å². The van der Waals surface area contributed by atoms with E-state index in [1.54, 1.807) is 12.1 Å². The van der Waals surface area contributed by atoms with Crippen molar-refractivity contribution in [2.24, 2.45) is 0 Å². The van der Waals surface area contributed by atoms with E-state index in [-0.39, 0.29) is 5.82 Å². The lowest BCUT2D eigenvalue weighted by Gasteiger charge is -2.10. The van der Waals surface area contributed by atoms with E-state index >= 15 is 0 Å². The van der Waals surface area contributed by atoms with Crippen molar-refractivity contribution in [2.75, 3.05) is 5.32 Å². The molecule has 2 rings (SSSR count). The summed E-state index contributed by atoms with van der Waals surface area (Å²) in [5, 5.41) is 3.06. The van der Waals surface area contributed by atoms with Crippen LogP contribution in [0, 0.1) is 19.7 Å². The molecule has 0 fully saturated rings. The first-order valence-electron chi connectivity index (χ1n) is 6.17. The molecule has 0 amide bonds. The highest BCUT2D eigenvalue weighted by molar-refractivity contribution is 5.56. The van der Waals surface area contributed by atoms with Crippen molar-refractivity contribution in [1.29, 1.82) is 0 Å². The van der Waals surface area contributed by atoms with Gasteiger partial charge in [0.2, 0.25) is 5.95 Å². The Morgan fingerprint density at radius 2 is 2.11 bits per heavy atom. The first-order valence-corrected chi connectivity index (χ1v) is 6.17. The highest BCUT2D eigenvalue weighted by atomic mass is 19.1. The topological polar surface area (TPSA) is 29.9 Å². The largest absolute Gasteiger partial charge is 0.323 e. The highest BCUT2D eigenvalue weighted by Gasteiger charge is 2.08. The fourth-order valence-electron chi connectivity index (χ4n) is 1.91. The van der Waals surface area contributed by atoms with E-state index in [2.05, 4.69) is 17.2 Å². The number of halogens is 1. The van der Waals surface area contributed by atoms with Crippen LogP contribution in [0.5, 0.6) is 0 Å². The maximum atomic E-state index is 13.7. The van der Waals surface area contributed by atoms with Gasteiger partial charge in [0.25, 0.3) is 0 Å². The predicted octanol–water partition coefficient (Wildman–Crippen LogP) is 3.79. The molecule has 1 aromatic carbocycles. The number of aryl methyl sites for hydroxylation is 3. The zero-order chi connectivity index (χ0) is 13.1. The monoisotopic (exact) mass is 247 g/mol. The van der Waals surface area contributed by atoms with E-state index in [9.17, 15) is 4.39 Å². The molecule has 0 saturated heterocycles. The minimum absolute atomic E-state index is 0.260. The van der Waals surface area contributed by atoms with E-state index in [0.717, 1.165) is 24.2 Å². The van der Waals surface area contributed by atoms with Crippen molar-refractivity contribution in [3.8, 4) is 0 Å². The van der Waals surface area contributed by atoms with Crippen molar-refractivity contribution >= 4 is 11.6 Å². The van der Waals surface area contributed by atoms with Gasteiger partial charge in [-0.3, -0.25) is 0 Å². The maximum absolute atomic E-state index is 13.7. The van der Waals surface area contributed by atoms with Gasteiger partial charge in [-0.25, -0.2) is 9.37 Å². The van der Waals surface area contributed by atoms with E-state index in [1.807, 2.05) is 24.6 Å². The van der Waals surface area contributed by atoms with Gasteiger partial charge < -0.3 is 9.88 Å². The molecule has 0 aliphatic heterocycles. The molecule has 0 atom stereocenters. The van der Waals surface area contributed by atoms with Crippen LogP contribution in [-0.2, 0) is 6.54 Å². The third kappa shape index (κ3) is 2.70. The number of imidazole rings is 1. The summed E-state index contributed by atoms with van der Waals surface area (Å²) in [5.74, 6) is 0.433. The molecule has 1 N–H and O–H groups in total. The molecule has 1 aromatic heterocycles. The third-order valence-corrected chi connectivity index (χ3v) is 2.73. The smallest absolute Gasteiger partial charge is 0.207 e. The van der Waals surface area contributed by atoms with Gasteiger partial charge in [-0.1, -0.05) is 13.0 Å². The molecule has 0 bridgehead atoms. The Hall–Kier alpha value is -1.84. The van der Waals surface area contributed by atoms with Gasteiger partial charge >= 0.3 is 0 Å². The quantitative estimate of drug-likeness (QED) is 0.890. The van der Waals surface area contributed by atoms with Gasteiger partial charge in [0.1, 0.15) is 5.82 Å². The summed E-state index contributed by atoms with van der Waals surface area (Å²) in [7, 11) is 0. The standard InChI is InChI=1S/C14H18FN3/c1-4-7-18-9-11(3)16-14(18)17-13-8-10(2)5-6-12(13)15/h5-6,8-9H,4,7H2,1-3H3,(H,16,17). The Balaban J connectivity index is 2.30. The van der Waals surface area contributed by atoms with Crippen LogP contribution < -0.4 is 5.32 Å². The van der Waals surface area contributed by atoms with Crippen molar-refractivity contribution in [3.05, 3.63) is 41.5 Å². The molecule has 0 unspecified atom stereocenters. The molecular weight excluding hydrogens is 229 g/mol. The van der Waals surface area contributed by atoms with Gasteiger partial charge in [-0.2, -0.15) is 0 Å². The Labute approximate surface area is 107 Å². The Kier molecular flexibility index (Phi) is 3.65. The summed E-state index contributed by atoms with van der Waals surface area (Å²) in [6, 6.07) is 5.01. The van der Waals surface area contributed by atoms with E-state index in [4.69, 9.17) is 0 Å². The van der Waals surface area contributed by atoms with Crippen LogP contribution in [0.25, 0.3) is 0 Å². The van der Waals surface area contributed by atoms with Gasteiger partial charge in [0.05, 0.1) is 11.4 Å². The molecule has 0 saturated carbocycles. The van der Waals surface area contributed by atoms with Crippen LogP contribution in [-0.4, -0.2) is 9.55 Å². The minimum atomic E-state index is -0.260. The second-order valence-electron chi connectivity index (χ2n) is 4.51. The number of hydrogen-bond acceptors (Lipinski definition) is 2. The molecule has 0 spiro atoms. The van der Waals surface area contributed by atoms with Crippen LogP contribution in [0.2, 0.25) is 0 Å². The van der Waals surface area contributed by atoms with Crippen molar-refractivity contribution in [3.63, 3.8) is 0 Å². The number of nitrogens with one attached hydrogen (secondary N) is 1. The van der Waals surface area contributed by atoms with Gasteiger partial charge in [0.15, 0.2) is 0 Å². The predicted molar refractivity (Wildman–Crippen MR) is 71.7 cm³/mol. The maximum Gasteiger partial charge on any atom is 0.207 e. The lowest BCUT2D eigenvalue weighted by molar-refractivity contribution is 0.630. The summed E-state index contributed by atoms with van der Waals surface area (Å²) < 4.78 is 15.7. The SMILES string of the molecule is CCCn1cc(C)nc1Nc1cc(C)ccc1F. The molecule has 3 nitrogen and oxygen atoms in total. The summed E-state index contributed by atoms with van der Waals surface area (Å²) in [5.41, 5.74) is 2.42. The number of anilines is 2. The fourth-order valence-corrected chi connectivity index (χ4v) is 1.91. The fraction of sp³-hybridized carbons (Fsp3) is 0.357. The molecule has 96 valence electrons. The summed E-state index contributed by atoms with van der Waals surface area (Å²) in [4.78, 5) is 4.38. The Morgan fingerprint density at radius 3 is 2.83 bits per heavy atom. The van der Waals surface area contributed by atoms with Gasteiger partial charge in [0, 0.05) is 12.7 Å². The van der Waals surface area contributed by atoms with E-state index < -0.39 is 0 Å². The second-order valence-corrected chi connectivity index (χ2v) is 4.51. The molecule has 1 heterocycles. The van der Waals surface area contributed by atoms with Crippen molar-refractivity contribution in [1.82, 2.24) is 9.55 Å². The van der Waals surface area contributed by atoms with Crippen LogP contribution in [0.15, 0.2) is 24.4 Å². The Morgan fingerprint density at radius 1 is 1.33 bits per heavy atom. The van der Waals surface area contributed by atoms with Crippen LogP contribution in [0.4, 0.5) is 16.0 Å². The third-order valence-electron chi connectivity index (χ3n) is 2.73. The van der Waals surface area contributed by atoms with Gasteiger partial charge in [-0.05, 0) is 38.0 Å². The first-order chi connectivity index (χ1) is 8.60. The number of hydrogen-bond donors (Lipinski definition) is 1. The number of rotatable bonds is 4. The Bertz CT molecular complexity index is 546. The molecule has 0 radical (unpaired) electrons. The molecule has 2 aromatic rings. The molecule has 4 heteroatoms. The van der Waals surface area contributed by atoms with E-state index in [0.29, 0.717) is 11.6 Å². The average Bonchev–Trinajstić information content (AvgIpc) is 2.65. The summed E-state index contributed by atoms with van der Waals surface area (Å²) in [6.07, 6.45) is 2.99. The molecule has 18 heavy (non-hydrogen) atoms. The molecular formula is C14H18FN3. The van der Waals surface area contributed by atoms with Crippen LogP contribution >= 0.6 is 0 Å². The first kappa shape index (κ1) is 12.6. The van der Waals surface area contributed by atoms with Crippen molar-refractivity contribution in [2.45, 2.75) is 33.7 Å². The van der Waals surface area contributed by atoms with Crippen molar-refractivity contribution < 1.29 is 4.39 Å². The minimum Gasteiger partial charge on any atom is -0.323 e. The van der Waals surface area contributed by atoms with Crippen LogP contribution in [0.3, 0.4) is 0 Å². The summed E-state index contributed by atoms with van der Waals surface area (Å²) >= 11 is 0. The zero-order valence-electron chi connectivity index (χ0n) is 11.0. The van der Waals surface area contributed by atoms with Gasteiger partial charge in [-0.15, -0.1) is 0 Å². The number of benzene rings is 1. The molecule has 0 aliphatic carbocycles.